The SMILES string of the molecule is COCC(C(=O)N1CCOCC1)N(C)/C=C\C=C(/C=O)N1CC(c2c(F)cc(OC)cc2F)CC1=O. The molecule has 2 amide bonds. The second-order valence-electron chi connectivity index (χ2n) is 8.54. The van der Waals surface area contributed by atoms with E-state index >= 15 is 0 Å². The Morgan fingerprint density at radius 1 is 1.25 bits per heavy atom. The Hall–Kier alpha value is -3.31. The number of ether oxygens (including phenoxy) is 3. The molecule has 0 radical (unpaired) electrons. The Kier molecular flexibility index (Phi) is 9.54. The van der Waals surface area contributed by atoms with Gasteiger partial charge >= 0.3 is 0 Å². The van der Waals surface area contributed by atoms with Crippen LogP contribution in [-0.4, -0.2) is 99.6 Å². The number of likely N-dealkylation sites (N-methyl/N-ethyl adjacent to an activating group) is 1. The van der Waals surface area contributed by atoms with E-state index in [9.17, 15) is 23.2 Å². The first kappa shape index (κ1) is 27.3. The zero-order valence-electron chi connectivity index (χ0n) is 20.6. The summed E-state index contributed by atoms with van der Waals surface area (Å²) in [6.07, 6.45) is 4.93. The summed E-state index contributed by atoms with van der Waals surface area (Å²) in [4.78, 5) is 41.9. The van der Waals surface area contributed by atoms with Crippen molar-refractivity contribution in [3.05, 3.63) is 53.4 Å². The predicted octanol–water partition coefficient (Wildman–Crippen LogP) is 1.69. The average Bonchev–Trinajstić information content (AvgIpc) is 3.25. The van der Waals surface area contributed by atoms with Gasteiger partial charge in [-0.2, -0.15) is 0 Å². The number of benzene rings is 1. The zero-order chi connectivity index (χ0) is 26.2. The van der Waals surface area contributed by atoms with Crippen molar-refractivity contribution >= 4 is 18.1 Å². The largest absolute Gasteiger partial charge is 0.497 e. The molecule has 2 aliphatic rings. The molecule has 0 aromatic heterocycles. The van der Waals surface area contributed by atoms with Crippen LogP contribution in [0.4, 0.5) is 8.78 Å². The normalized spacial score (nSPS) is 19.6. The molecule has 0 bridgehead atoms. The zero-order valence-corrected chi connectivity index (χ0v) is 20.6. The van der Waals surface area contributed by atoms with Crippen LogP contribution in [0.3, 0.4) is 0 Å². The number of carbonyl (C=O) groups excluding carboxylic acids is 3. The van der Waals surface area contributed by atoms with Gasteiger partial charge < -0.3 is 28.9 Å². The van der Waals surface area contributed by atoms with Crippen LogP contribution in [0.1, 0.15) is 17.9 Å². The number of hydrogen-bond donors (Lipinski definition) is 0. The van der Waals surface area contributed by atoms with Crippen LogP contribution in [0.2, 0.25) is 0 Å². The van der Waals surface area contributed by atoms with Gasteiger partial charge in [0.05, 0.1) is 32.6 Å². The number of aldehydes is 1. The van der Waals surface area contributed by atoms with Crippen molar-refractivity contribution in [3.63, 3.8) is 0 Å². The minimum Gasteiger partial charge on any atom is -0.497 e. The number of nitrogens with zero attached hydrogens (tertiary/aromatic N) is 3. The quantitative estimate of drug-likeness (QED) is 0.271. The summed E-state index contributed by atoms with van der Waals surface area (Å²) in [6.45, 7) is 2.07. The first-order valence-electron chi connectivity index (χ1n) is 11.5. The highest BCUT2D eigenvalue weighted by molar-refractivity contribution is 5.88. The van der Waals surface area contributed by atoms with Gasteiger partial charge in [-0.05, 0) is 18.4 Å². The van der Waals surface area contributed by atoms with Gasteiger partial charge in [0.1, 0.15) is 23.4 Å². The van der Waals surface area contributed by atoms with Crippen LogP contribution in [-0.2, 0) is 23.9 Å². The number of amides is 2. The monoisotopic (exact) mass is 507 g/mol. The van der Waals surface area contributed by atoms with Crippen molar-refractivity contribution in [1.29, 1.82) is 0 Å². The summed E-state index contributed by atoms with van der Waals surface area (Å²) in [7, 11) is 4.52. The van der Waals surface area contributed by atoms with Crippen LogP contribution in [0.15, 0.2) is 36.2 Å². The van der Waals surface area contributed by atoms with Gasteiger partial charge in [-0.25, -0.2) is 8.78 Å². The number of halogens is 2. The minimum absolute atomic E-state index is 0.0385. The number of carbonyl (C=O) groups is 3. The van der Waals surface area contributed by atoms with Crippen molar-refractivity contribution in [1.82, 2.24) is 14.7 Å². The van der Waals surface area contributed by atoms with E-state index in [1.54, 1.807) is 23.0 Å². The first-order valence-corrected chi connectivity index (χ1v) is 11.5. The molecule has 2 aliphatic heterocycles. The molecule has 196 valence electrons. The van der Waals surface area contributed by atoms with Gasteiger partial charge in [-0.15, -0.1) is 0 Å². The van der Waals surface area contributed by atoms with Gasteiger partial charge in [0.2, 0.25) is 11.8 Å². The molecule has 3 rings (SSSR count). The molecule has 2 unspecified atom stereocenters. The van der Waals surface area contributed by atoms with Crippen molar-refractivity contribution in [2.75, 3.05) is 60.7 Å². The second-order valence-corrected chi connectivity index (χ2v) is 8.54. The van der Waals surface area contributed by atoms with Gasteiger partial charge in [-0.3, -0.25) is 14.4 Å². The van der Waals surface area contributed by atoms with Gasteiger partial charge in [0, 0.05) is 63.8 Å². The molecular weight excluding hydrogens is 476 g/mol. The smallest absolute Gasteiger partial charge is 0.247 e. The average molecular weight is 508 g/mol. The van der Waals surface area contributed by atoms with Crippen LogP contribution >= 0.6 is 0 Å². The van der Waals surface area contributed by atoms with Crippen LogP contribution in [0, 0.1) is 11.6 Å². The molecule has 2 fully saturated rings. The molecule has 9 nitrogen and oxygen atoms in total. The molecule has 0 aliphatic carbocycles. The summed E-state index contributed by atoms with van der Waals surface area (Å²) >= 11 is 0. The van der Waals surface area contributed by atoms with Gasteiger partial charge in [-0.1, -0.05) is 0 Å². The standard InChI is InChI=1S/C25H31F2N3O6/c1-28(22(16-34-2)25(33)29-7-9-36-10-8-29)6-4-5-18(15-31)30-14-17(11-23(30)32)24-20(26)12-19(35-3)13-21(24)27/h4-6,12-13,15,17,22H,7-11,14,16H2,1-3H3/b6-4-,18-5+. The predicted molar refractivity (Wildman–Crippen MR) is 126 cm³/mol. The maximum Gasteiger partial charge on any atom is 0.247 e. The third-order valence-corrected chi connectivity index (χ3v) is 6.27. The maximum absolute atomic E-state index is 14.5. The molecule has 1 aromatic rings. The van der Waals surface area contributed by atoms with Crippen LogP contribution in [0.5, 0.6) is 5.75 Å². The summed E-state index contributed by atoms with van der Waals surface area (Å²) in [5.74, 6) is -2.85. The minimum atomic E-state index is -0.807. The van der Waals surface area contributed by atoms with E-state index in [0.717, 1.165) is 12.1 Å². The van der Waals surface area contributed by atoms with Gasteiger partial charge in [0.15, 0.2) is 6.29 Å². The van der Waals surface area contributed by atoms with E-state index in [1.165, 1.54) is 31.3 Å². The Labute approximate surface area is 208 Å². The van der Waals surface area contributed by atoms with Crippen molar-refractivity contribution < 1.29 is 37.4 Å². The fourth-order valence-corrected chi connectivity index (χ4v) is 4.31. The number of rotatable bonds is 10. The first-order chi connectivity index (χ1) is 17.3. The summed E-state index contributed by atoms with van der Waals surface area (Å²) in [5.41, 5.74) is -0.166. The van der Waals surface area contributed by atoms with E-state index in [0.29, 0.717) is 32.6 Å². The highest BCUT2D eigenvalue weighted by Gasteiger charge is 2.36. The fourth-order valence-electron chi connectivity index (χ4n) is 4.31. The Morgan fingerprint density at radius 3 is 2.50 bits per heavy atom. The maximum atomic E-state index is 14.5. The summed E-state index contributed by atoms with van der Waals surface area (Å²) in [5, 5.41) is 0. The van der Waals surface area contributed by atoms with Crippen molar-refractivity contribution in [2.45, 2.75) is 18.4 Å². The second kappa shape index (κ2) is 12.6. The molecule has 2 saturated heterocycles. The third kappa shape index (κ3) is 6.27. The molecule has 2 heterocycles. The highest BCUT2D eigenvalue weighted by atomic mass is 19.1. The number of hydrogen-bond acceptors (Lipinski definition) is 7. The molecule has 1 aromatic carbocycles. The van der Waals surface area contributed by atoms with Gasteiger partial charge in [0.25, 0.3) is 0 Å². The lowest BCUT2D eigenvalue weighted by Crippen LogP contribution is -2.51. The lowest BCUT2D eigenvalue weighted by atomic mass is 9.97. The molecule has 0 saturated carbocycles. The molecule has 36 heavy (non-hydrogen) atoms. The Morgan fingerprint density at radius 2 is 1.92 bits per heavy atom. The topological polar surface area (TPSA) is 88.6 Å². The van der Waals surface area contributed by atoms with E-state index in [1.807, 2.05) is 0 Å². The highest BCUT2D eigenvalue weighted by Crippen LogP contribution is 2.35. The summed E-state index contributed by atoms with van der Waals surface area (Å²) < 4.78 is 44.4. The fraction of sp³-hybridized carbons (Fsp3) is 0.480. The van der Waals surface area contributed by atoms with Crippen molar-refractivity contribution in [3.8, 4) is 5.75 Å². The Bertz CT molecular complexity index is 1000. The lowest BCUT2D eigenvalue weighted by Gasteiger charge is -2.33. The van der Waals surface area contributed by atoms with E-state index in [2.05, 4.69) is 0 Å². The van der Waals surface area contributed by atoms with Crippen molar-refractivity contribution in [2.24, 2.45) is 0 Å². The molecule has 0 spiro atoms. The number of likely N-dealkylation sites (tertiary alicyclic amines) is 1. The number of methoxy groups -OCH3 is 2. The van der Waals surface area contributed by atoms with E-state index in [-0.39, 0.29) is 42.5 Å². The number of morpholine rings is 1. The molecular formula is C25H31F2N3O6. The molecule has 2 atom stereocenters. The molecule has 11 heteroatoms. The number of allylic oxidation sites excluding steroid dienone is 3. The van der Waals surface area contributed by atoms with Crippen LogP contribution in [0.25, 0.3) is 0 Å². The van der Waals surface area contributed by atoms with E-state index in [4.69, 9.17) is 14.2 Å². The third-order valence-electron chi connectivity index (χ3n) is 6.27. The van der Waals surface area contributed by atoms with E-state index < -0.39 is 29.5 Å². The van der Waals surface area contributed by atoms with Crippen LogP contribution < -0.4 is 4.74 Å². The lowest BCUT2D eigenvalue weighted by molar-refractivity contribution is -0.141. The Balaban J connectivity index is 1.72. The molecule has 0 N–H and O–H groups in total. The summed E-state index contributed by atoms with van der Waals surface area (Å²) in [6, 6.07) is 1.54.